The second-order valence-electron chi connectivity index (χ2n) is 7.57. The molecule has 1 spiro atoms. The van der Waals surface area contributed by atoms with Crippen LogP contribution in [0.25, 0.3) is 0 Å². The normalized spacial score (nSPS) is 17.7. The Balaban J connectivity index is 1.23. The standard InChI is InChI=1S/C21H24N4O3S/c26-18(16-14-29-17(23-16)13-15-7-2-1-3-8-15)22-11-6-12-25-19(27)21(24-20(25)28)9-4-5-10-21/h1-3,7-8,14H,4-6,9-13H2,(H,22,26)(H,24,28). The number of carbonyl (C=O) groups excluding carboxylic acids is 3. The summed E-state index contributed by atoms with van der Waals surface area (Å²) < 4.78 is 0. The highest BCUT2D eigenvalue weighted by Gasteiger charge is 2.51. The highest BCUT2D eigenvalue weighted by Crippen LogP contribution is 2.34. The summed E-state index contributed by atoms with van der Waals surface area (Å²) in [7, 11) is 0. The van der Waals surface area contributed by atoms with E-state index in [0.717, 1.165) is 36.3 Å². The van der Waals surface area contributed by atoms with Gasteiger partial charge in [0.1, 0.15) is 11.2 Å². The number of urea groups is 1. The molecule has 1 aliphatic heterocycles. The number of thiazole rings is 1. The molecule has 4 amide bonds. The predicted octanol–water partition coefficient (Wildman–Crippen LogP) is 2.72. The second-order valence-corrected chi connectivity index (χ2v) is 8.52. The molecule has 2 aromatic rings. The highest BCUT2D eigenvalue weighted by atomic mass is 32.1. The molecule has 7 nitrogen and oxygen atoms in total. The van der Waals surface area contributed by atoms with Crippen LogP contribution in [0.1, 0.15) is 53.2 Å². The van der Waals surface area contributed by atoms with Gasteiger partial charge in [0.2, 0.25) is 0 Å². The number of hydrogen-bond acceptors (Lipinski definition) is 5. The zero-order valence-corrected chi connectivity index (χ0v) is 17.0. The van der Waals surface area contributed by atoms with Crippen molar-refractivity contribution in [2.45, 2.75) is 44.1 Å². The number of rotatable bonds is 7. The average molecular weight is 413 g/mol. The lowest BCUT2D eigenvalue weighted by molar-refractivity contribution is -0.131. The van der Waals surface area contributed by atoms with Gasteiger partial charge in [-0.2, -0.15) is 0 Å². The van der Waals surface area contributed by atoms with Crippen molar-refractivity contribution in [1.82, 2.24) is 20.5 Å². The lowest BCUT2D eigenvalue weighted by atomic mass is 9.98. The third kappa shape index (κ3) is 4.17. The van der Waals surface area contributed by atoms with E-state index in [9.17, 15) is 14.4 Å². The maximum absolute atomic E-state index is 12.6. The number of amides is 4. The van der Waals surface area contributed by atoms with Gasteiger partial charge >= 0.3 is 6.03 Å². The number of benzene rings is 1. The van der Waals surface area contributed by atoms with Crippen molar-refractivity contribution < 1.29 is 14.4 Å². The maximum Gasteiger partial charge on any atom is 0.325 e. The fraction of sp³-hybridized carbons (Fsp3) is 0.429. The lowest BCUT2D eigenvalue weighted by Crippen LogP contribution is -2.44. The average Bonchev–Trinajstić information content (AvgIpc) is 3.43. The first kappa shape index (κ1) is 19.6. The van der Waals surface area contributed by atoms with Crippen molar-refractivity contribution in [3.05, 3.63) is 52.0 Å². The van der Waals surface area contributed by atoms with E-state index < -0.39 is 5.54 Å². The van der Waals surface area contributed by atoms with E-state index in [2.05, 4.69) is 15.6 Å². The number of imide groups is 1. The zero-order chi connectivity index (χ0) is 20.3. The van der Waals surface area contributed by atoms with Gasteiger partial charge in [-0.15, -0.1) is 11.3 Å². The minimum Gasteiger partial charge on any atom is -0.351 e. The summed E-state index contributed by atoms with van der Waals surface area (Å²) >= 11 is 1.47. The Hall–Kier alpha value is -2.74. The molecule has 2 N–H and O–H groups in total. The summed E-state index contributed by atoms with van der Waals surface area (Å²) in [5.74, 6) is -0.346. The zero-order valence-electron chi connectivity index (χ0n) is 16.1. The Labute approximate surface area is 173 Å². The van der Waals surface area contributed by atoms with Crippen LogP contribution in [0.4, 0.5) is 4.79 Å². The van der Waals surface area contributed by atoms with Crippen LogP contribution in [-0.2, 0) is 11.2 Å². The molecule has 2 aliphatic rings. The van der Waals surface area contributed by atoms with Crippen molar-refractivity contribution in [2.75, 3.05) is 13.1 Å². The molecule has 152 valence electrons. The molecule has 2 fully saturated rings. The molecule has 1 aromatic carbocycles. The summed E-state index contributed by atoms with van der Waals surface area (Å²) in [5, 5.41) is 8.35. The van der Waals surface area contributed by atoms with Crippen LogP contribution < -0.4 is 10.6 Å². The number of aromatic nitrogens is 1. The minimum absolute atomic E-state index is 0.114. The van der Waals surface area contributed by atoms with E-state index in [1.54, 1.807) is 5.38 Å². The van der Waals surface area contributed by atoms with Crippen LogP contribution in [0.3, 0.4) is 0 Å². The van der Waals surface area contributed by atoms with Crippen molar-refractivity contribution in [3.63, 3.8) is 0 Å². The van der Waals surface area contributed by atoms with Crippen molar-refractivity contribution >= 4 is 29.2 Å². The van der Waals surface area contributed by atoms with E-state index in [4.69, 9.17) is 0 Å². The minimum atomic E-state index is -0.671. The molecule has 4 rings (SSSR count). The third-order valence-electron chi connectivity index (χ3n) is 5.53. The monoisotopic (exact) mass is 412 g/mol. The Kier molecular flexibility index (Phi) is 5.62. The van der Waals surface area contributed by atoms with Crippen LogP contribution in [0, 0.1) is 0 Å². The summed E-state index contributed by atoms with van der Waals surface area (Å²) in [6.07, 6.45) is 4.60. The van der Waals surface area contributed by atoms with Gasteiger partial charge in [0.05, 0.1) is 5.01 Å². The van der Waals surface area contributed by atoms with Gasteiger partial charge in [-0.1, -0.05) is 43.2 Å². The molecule has 0 radical (unpaired) electrons. The Bertz CT molecular complexity index is 906. The highest BCUT2D eigenvalue weighted by molar-refractivity contribution is 7.09. The summed E-state index contributed by atoms with van der Waals surface area (Å²) in [5.41, 5.74) is 0.888. The summed E-state index contributed by atoms with van der Waals surface area (Å²) in [6.45, 7) is 0.692. The largest absolute Gasteiger partial charge is 0.351 e. The number of hydrogen-bond donors (Lipinski definition) is 2. The van der Waals surface area contributed by atoms with Crippen LogP contribution in [0.15, 0.2) is 35.7 Å². The molecule has 1 saturated carbocycles. The molecule has 0 atom stereocenters. The molecule has 0 unspecified atom stereocenters. The van der Waals surface area contributed by atoms with Crippen LogP contribution in [0.5, 0.6) is 0 Å². The Morgan fingerprint density at radius 3 is 2.72 bits per heavy atom. The maximum atomic E-state index is 12.6. The molecule has 2 heterocycles. The first-order valence-corrected chi connectivity index (χ1v) is 10.9. The van der Waals surface area contributed by atoms with Crippen LogP contribution in [0.2, 0.25) is 0 Å². The van der Waals surface area contributed by atoms with Gasteiger partial charge in [0.15, 0.2) is 0 Å². The smallest absolute Gasteiger partial charge is 0.325 e. The molecule has 0 bridgehead atoms. The van der Waals surface area contributed by atoms with Crippen molar-refractivity contribution in [3.8, 4) is 0 Å². The van der Waals surface area contributed by atoms with Crippen molar-refractivity contribution in [2.24, 2.45) is 0 Å². The molecule has 8 heteroatoms. The van der Waals surface area contributed by atoms with Crippen LogP contribution in [-0.4, -0.2) is 46.4 Å². The lowest BCUT2D eigenvalue weighted by Gasteiger charge is -2.20. The Morgan fingerprint density at radius 1 is 1.21 bits per heavy atom. The SMILES string of the molecule is O=C(NCCCN1C(=O)NC2(CCCC2)C1=O)c1csc(Cc2ccccc2)n1. The van der Waals surface area contributed by atoms with E-state index in [-0.39, 0.29) is 17.8 Å². The number of nitrogens with one attached hydrogen (secondary N) is 2. The van der Waals surface area contributed by atoms with E-state index >= 15 is 0 Å². The molecule has 29 heavy (non-hydrogen) atoms. The van der Waals surface area contributed by atoms with Gasteiger partial charge < -0.3 is 10.6 Å². The quantitative estimate of drug-likeness (QED) is 0.540. The predicted molar refractivity (Wildman–Crippen MR) is 110 cm³/mol. The Morgan fingerprint density at radius 2 is 1.97 bits per heavy atom. The first-order chi connectivity index (χ1) is 14.1. The van der Waals surface area contributed by atoms with Gasteiger partial charge in [0, 0.05) is 24.9 Å². The molecular formula is C21H24N4O3S. The number of carbonyl (C=O) groups is 3. The third-order valence-corrected chi connectivity index (χ3v) is 6.38. The van der Waals surface area contributed by atoms with Crippen molar-refractivity contribution in [1.29, 1.82) is 0 Å². The fourth-order valence-corrected chi connectivity index (χ4v) is 4.80. The molecular weight excluding hydrogens is 388 g/mol. The second kappa shape index (κ2) is 8.32. The van der Waals surface area contributed by atoms with E-state index in [0.29, 0.717) is 31.6 Å². The summed E-state index contributed by atoms with van der Waals surface area (Å²) in [4.78, 5) is 42.7. The summed E-state index contributed by atoms with van der Waals surface area (Å²) in [6, 6.07) is 9.69. The van der Waals surface area contributed by atoms with Gasteiger partial charge in [-0.05, 0) is 24.8 Å². The van der Waals surface area contributed by atoms with Crippen LogP contribution >= 0.6 is 11.3 Å². The van der Waals surface area contributed by atoms with E-state index in [1.807, 2.05) is 30.3 Å². The fourth-order valence-electron chi connectivity index (χ4n) is 3.99. The van der Waals surface area contributed by atoms with Gasteiger partial charge in [-0.3, -0.25) is 14.5 Å². The molecule has 1 saturated heterocycles. The number of nitrogens with zero attached hydrogens (tertiary/aromatic N) is 2. The molecule has 1 aliphatic carbocycles. The molecule has 1 aromatic heterocycles. The first-order valence-electron chi connectivity index (χ1n) is 9.98. The van der Waals surface area contributed by atoms with Gasteiger partial charge in [0.25, 0.3) is 11.8 Å². The van der Waals surface area contributed by atoms with Gasteiger partial charge in [-0.25, -0.2) is 9.78 Å². The topological polar surface area (TPSA) is 91.4 Å². The van der Waals surface area contributed by atoms with E-state index in [1.165, 1.54) is 16.2 Å².